The molecule has 3 N–H and O–H groups in total. The summed E-state index contributed by atoms with van der Waals surface area (Å²) >= 11 is 0. The van der Waals surface area contributed by atoms with Gasteiger partial charge in [0.1, 0.15) is 0 Å². The van der Waals surface area contributed by atoms with Gasteiger partial charge in [-0.1, -0.05) is 0 Å². The van der Waals surface area contributed by atoms with Crippen LogP contribution in [0.25, 0.3) is 0 Å². The summed E-state index contributed by atoms with van der Waals surface area (Å²) in [4.78, 5) is 12.3. The lowest BCUT2D eigenvalue weighted by Crippen LogP contribution is -2.49. The Kier molecular flexibility index (Phi) is 3.53. The predicted octanol–water partition coefficient (Wildman–Crippen LogP) is 1.89. The molecule has 0 aliphatic carbocycles. The minimum absolute atomic E-state index is 0.0465. The third-order valence-corrected chi connectivity index (χ3v) is 6.20. The molecule has 2 unspecified atom stereocenters. The highest BCUT2D eigenvalue weighted by molar-refractivity contribution is 8.23. The number of carboxylic acid groups (broad SMARTS) is 1. The van der Waals surface area contributed by atoms with Gasteiger partial charge in [0.25, 0.3) is 0 Å². The zero-order valence-corrected chi connectivity index (χ0v) is 10.8. The molecule has 2 fully saturated rings. The van der Waals surface area contributed by atoms with E-state index in [0.29, 0.717) is 19.6 Å². The zero-order chi connectivity index (χ0) is 12.6. The van der Waals surface area contributed by atoms with Gasteiger partial charge in [0.2, 0.25) is 0 Å². The van der Waals surface area contributed by atoms with Gasteiger partial charge in [0.15, 0.2) is 0 Å². The molecule has 0 radical (unpaired) electrons. The van der Waals surface area contributed by atoms with Crippen LogP contribution in [0.15, 0.2) is 0 Å². The Morgan fingerprint density at radius 2 is 2.00 bits per heavy atom. The van der Waals surface area contributed by atoms with Crippen molar-refractivity contribution < 1.29 is 19.0 Å². The minimum Gasteiger partial charge on any atom is -0.465 e. The van der Waals surface area contributed by atoms with Crippen LogP contribution in [-0.4, -0.2) is 60.4 Å². The van der Waals surface area contributed by atoms with E-state index in [-0.39, 0.29) is 11.3 Å². The minimum atomic E-state index is -2.70. The van der Waals surface area contributed by atoms with Crippen molar-refractivity contribution in [1.82, 2.24) is 9.21 Å². The fourth-order valence-electron chi connectivity index (χ4n) is 2.60. The summed E-state index contributed by atoms with van der Waals surface area (Å²) in [6.07, 6.45) is 1.48. The molecule has 100 valence electrons. The van der Waals surface area contributed by atoms with E-state index in [0.717, 1.165) is 19.3 Å². The maximum Gasteiger partial charge on any atom is 0.407 e. The zero-order valence-electron chi connectivity index (χ0n) is 9.95. The van der Waals surface area contributed by atoms with E-state index in [4.69, 9.17) is 5.11 Å². The van der Waals surface area contributed by atoms with Crippen LogP contribution in [0.4, 0.5) is 4.79 Å². The fraction of sp³-hybridized carbons (Fsp3) is 0.900. The summed E-state index contributed by atoms with van der Waals surface area (Å²) in [7, 11) is -2.70. The van der Waals surface area contributed by atoms with Crippen molar-refractivity contribution in [1.29, 1.82) is 0 Å². The molecule has 0 aromatic rings. The van der Waals surface area contributed by atoms with Crippen LogP contribution < -0.4 is 0 Å². The summed E-state index contributed by atoms with van der Waals surface area (Å²) in [5, 5.41) is 8.86. The molecule has 2 rings (SSSR count). The third kappa shape index (κ3) is 2.37. The number of piperidine rings is 1. The van der Waals surface area contributed by atoms with Crippen molar-refractivity contribution in [2.45, 2.75) is 37.5 Å². The van der Waals surface area contributed by atoms with E-state index in [1.807, 2.05) is 6.92 Å². The van der Waals surface area contributed by atoms with Gasteiger partial charge in [0, 0.05) is 25.7 Å². The quantitative estimate of drug-likeness (QED) is 0.673. The highest BCUT2D eigenvalue weighted by Crippen LogP contribution is 2.55. The molecular weight excluding hydrogens is 244 g/mol. The molecule has 7 heteroatoms. The second-order valence-electron chi connectivity index (χ2n) is 4.83. The number of hydrogen-bond donors (Lipinski definition) is 3. The van der Waals surface area contributed by atoms with E-state index in [2.05, 4.69) is 0 Å². The molecule has 0 bridgehead atoms. The van der Waals surface area contributed by atoms with E-state index >= 15 is 0 Å². The summed E-state index contributed by atoms with van der Waals surface area (Å²) in [5.74, 6) is 0. The average molecular weight is 264 g/mol. The lowest BCUT2D eigenvalue weighted by molar-refractivity contribution is 0.111. The number of carbonyl (C=O) groups is 1. The highest BCUT2D eigenvalue weighted by Gasteiger charge is 2.41. The van der Waals surface area contributed by atoms with E-state index in [1.54, 1.807) is 4.31 Å². The topological polar surface area (TPSA) is 84.2 Å². The van der Waals surface area contributed by atoms with Crippen molar-refractivity contribution in [2.24, 2.45) is 0 Å². The van der Waals surface area contributed by atoms with Crippen molar-refractivity contribution >= 4 is 16.9 Å². The number of hydrogen-bond acceptors (Lipinski definition) is 4. The first-order valence-electron chi connectivity index (χ1n) is 5.94. The molecule has 0 saturated carbocycles. The number of amides is 1. The van der Waals surface area contributed by atoms with E-state index in [1.165, 1.54) is 4.90 Å². The normalized spacial score (nSPS) is 35.8. The maximum atomic E-state index is 10.9. The molecule has 0 aromatic heterocycles. The van der Waals surface area contributed by atoms with Gasteiger partial charge >= 0.3 is 6.09 Å². The second-order valence-corrected chi connectivity index (χ2v) is 7.22. The molecule has 2 aliphatic heterocycles. The Morgan fingerprint density at radius 3 is 2.53 bits per heavy atom. The fourth-order valence-corrected chi connectivity index (χ4v) is 4.47. The van der Waals surface area contributed by atoms with Crippen LogP contribution in [0, 0.1) is 0 Å². The van der Waals surface area contributed by atoms with E-state index in [9.17, 15) is 13.9 Å². The monoisotopic (exact) mass is 264 g/mol. The average Bonchev–Trinajstić information content (AvgIpc) is 2.54. The molecular formula is C10H20N2O4S. The second kappa shape index (κ2) is 4.64. The summed E-state index contributed by atoms with van der Waals surface area (Å²) < 4.78 is 21.9. The van der Waals surface area contributed by atoms with Gasteiger partial charge in [0.05, 0.1) is 5.25 Å². The molecule has 2 heterocycles. The van der Waals surface area contributed by atoms with Crippen LogP contribution >= 0.6 is 10.8 Å². The van der Waals surface area contributed by atoms with Gasteiger partial charge in [-0.2, -0.15) is 0 Å². The Morgan fingerprint density at radius 1 is 1.29 bits per heavy atom. The Bertz CT molecular complexity index is 313. The first-order chi connectivity index (χ1) is 7.93. The predicted molar refractivity (Wildman–Crippen MR) is 66.3 cm³/mol. The van der Waals surface area contributed by atoms with Crippen LogP contribution in [0.3, 0.4) is 0 Å². The van der Waals surface area contributed by atoms with Gasteiger partial charge in [-0.15, -0.1) is 10.8 Å². The molecule has 0 aromatic carbocycles. The summed E-state index contributed by atoms with van der Waals surface area (Å²) in [6, 6.07) is -0.0465. The lowest BCUT2D eigenvalue weighted by Gasteiger charge is -2.46. The van der Waals surface area contributed by atoms with Gasteiger partial charge in [-0.25, -0.2) is 9.10 Å². The highest BCUT2D eigenvalue weighted by atomic mass is 32.3. The van der Waals surface area contributed by atoms with E-state index < -0.39 is 16.9 Å². The smallest absolute Gasteiger partial charge is 0.407 e. The van der Waals surface area contributed by atoms with Crippen molar-refractivity contribution in [3.63, 3.8) is 0 Å². The van der Waals surface area contributed by atoms with Crippen LogP contribution in [-0.2, 0) is 0 Å². The first kappa shape index (κ1) is 12.9. The molecule has 6 nitrogen and oxygen atoms in total. The number of likely N-dealkylation sites (tertiary alicyclic amines) is 1. The largest absolute Gasteiger partial charge is 0.465 e. The molecule has 17 heavy (non-hydrogen) atoms. The Balaban J connectivity index is 2.05. The van der Waals surface area contributed by atoms with Crippen molar-refractivity contribution in [3.8, 4) is 0 Å². The van der Waals surface area contributed by atoms with Gasteiger partial charge < -0.3 is 10.0 Å². The van der Waals surface area contributed by atoms with Crippen molar-refractivity contribution in [2.75, 3.05) is 19.6 Å². The molecule has 2 saturated heterocycles. The Labute approximate surface area is 103 Å². The van der Waals surface area contributed by atoms with Gasteiger partial charge in [-0.05, 0) is 26.2 Å². The number of nitrogens with zero attached hydrogens (tertiary/aromatic N) is 2. The van der Waals surface area contributed by atoms with Crippen LogP contribution in [0.2, 0.25) is 0 Å². The molecule has 1 amide bonds. The molecule has 0 spiro atoms. The number of rotatable bonds is 1. The third-order valence-electron chi connectivity index (χ3n) is 3.72. The lowest BCUT2D eigenvalue weighted by atomic mass is 10.1. The first-order valence-corrected chi connectivity index (χ1v) is 7.51. The van der Waals surface area contributed by atoms with Crippen molar-refractivity contribution in [3.05, 3.63) is 0 Å². The van der Waals surface area contributed by atoms with Crippen LogP contribution in [0.1, 0.15) is 26.2 Å². The van der Waals surface area contributed by atoms with Crippen LogP contribution in [0.5, 0.6) is 0 Å². The standard InChI is InChI=1S/C10H20N2O4S/c1-8-4-6-12(17(8,15)16)9-3-2-5-11(7-9)10(13)14/h8-9,15-16H,2-7H2,1H3,(H,13,14). The van der Waals surface area contributed by atoms with Gasteiger partial charge in [-0.3, -0.25) is 9.11 Å². The maximum absolute atomic E-state index is 10.9. The SMILES string of the molecule is CC1CCN(C2CCCN(C(=O)O)C2)S1(O)O. The summed E-state index contributed by atoms with van der Waals surface area (Å²) in [5.41, 5.74) is 0. The molecule has 2 aliphatic rings. The molecule has 2 atom stereocenters. The Hall–Kier alpha value is -0.500. The summed E-state index contributed by atoms with van der Waals surface area (Å²) in [6.45, 7) is 3.43.